The lowest BCUT2D eigenvalue weighted by Gasteiger charge is -2.34. The number of alkyl halides is 3. The molecule has 1 heterocycles. The van der Waals surface area contributed by atoms with Gasteiger partial charge in [-0.05, 0) is 93.1 Å². The number of benzene rings is 2. The summed E-state index contributed by atoms with van der Waals surface area (Å²) in [5.41, 5.74) is 2.88. The van der Waals surface area contributed by atoms with E-state index in [2.05, 4.69) is 36.0 Å². The van der Waals surface area contributed by atoms with Crippen LogP contribution in [-0.4, -0.2) is 34.2 Å². The maximum atomic E-state index is 13.3. The summed E-state index contributed by atoms with van der Waals surface area (Å²) >= 11 is 0. The number of aryl methyl sites for hydroxylation is 1. The van der Waals surface area contributed by atoms with Crippen LogP contribution in [0.5, 0.6) is 11.5 Å². The van der Waals surface area contributed by atoms with Gasteiger partial charge in [-0.3, -0.25) is 4.79 Å². The summed E-state index contributed by atoms with van der Waals surface area (Å²) in [5, 5.41) is 13.4. The second kappa shape index (κ2) is 13.7. The molecular formula is C33H43F3N2O4. The van der Waals surface area contributed by atoms with E-state index >= 15 is 0 Å². The summed E-state index contributed by atoms with van der Waals surface area (Å²) in [6, 6.07) is 15.1. The largest absolute Gasteiger partial charge is 0.573 e. The van der Waals surface area contributed by atoms with Crippen molar-refractivity contribution >= 4 is 11.6 Å². The average Bonchev–Trinajstić information content (AvgIpc) is 3.40. The molecule has 2 N–H and O–H groups in total. The predicted molar refractivity (Wildman–Crippen MR) is 159 cm³/mol. The molecular weight excluding hydrogens is 545 g/mol. The van der Waals surface area contributed by atoms with Crippen molar-refractivity contribution in [1.82, 2.24) is 4.57 Å². The lowest BCUT2D eigenvalue weighted by atomic mass is 9.72. The third-order valence-corrected chi connectivity index (χ3v) is 8.44. The van der Waals surface area contributed by atoms with Gasteiger partial charge in [0.2, 0.25) is 0 Å². The standard InChI is InChI=1S/C33H43F3N2O4/c1-7-31(40,8-2)20-21-41-28-18-12-24(22-23(28)6)32(9-3,10-4)29-19-17-27(38(29)11-5)30(39)37-25-13-15-26(16-14-25)42-33(34,35)36/h12-19,22,40H,7-11,20-21H2,1-6H3,(H,37,39). The van der Waals surface area contributed by atoms with Crippen LogP contribution in [0.4, 0.5) is 18.9 Å². The molecule has 0 radical (unpaired) electrons. The first-order chi connectivity index (χ1) is 19.8. The molecule has 3 aromatic rings. The quantitative estimate of drug-likeness (QED) is 0.198. The molecule has 0 fully saturated rings. The van der Waals surface area contributed by atoms with E-state index in [4.69, 9.17) is 4.74 Å². The van der Waals surface area contributed by atoms with Crippen LogP contribution in [0.15, 0.2) is 54.6 Å². The highest BCUT2D eigenvalue weighted by Gasteiger charge is 2.35. The Labute approximate surface area is 246 Å². The number of amides is 1. The highest BCUT2D eigenvalue weighted by atomic mass is 19.4. The molecule has 2 aromatic carbocycles. The summed E-state index contributed by atoms with van der Waals surface area (Å²) in [4.78, 5) is 13.3. The van der Waals surface area contributed by atoms with E-state index in [-0.39, 0.29) is 17.1 Å². The summed E-state index contributed by atoms with van der Waals surface area (Å²) in [5.74, 6) is 0.0743. The second-order valence-electron chi connectivity index (χ2n) is 10.7. The zero-order valence-electron chi connectivity index (χ0n) is 25.4. The maximum Gasteiger partial charge on any atom is 0.573 e. The lowest BCUT2D eigenvalue weighted by Crippen LogP contribution is -2.31. The number of ether oxygens (including phenoxy) is 2. The molecule has 0 aliphatic heterocycles. The Bertz CT molecular complexity index is 1320. The molecule has 0 spiro atoms. The van der Waals surface area contributed by atoms with Gasteiger partial charge < -0.3 is 24.5 Å². The van der Waals surface area contributed by atoms with E-state index in [1.54, 1.807) is 6.07 Å². The number of carbonyl (C=O) groups excluding carboxylic acids is 1. The van der Waals surface area contributed by atoms with E-state index in [0.717, 1.165) is 47.5 Å². The summed E-state index contributed by atoms with van der Waals surface area (Å²) in [6.07, 6.45) is -1.25. The number of nitrogens with zero attached hydrogens (tertiary/aromatic N) is 1. The number of rotatable bonds is 14. The third kappa shape index (κ3) is 7.48. The minimum Gasteiger partial charge on any atom is -0.493 e. The minimum atomic E-state index is -4.78. The number of aromatic nitrogens is 1. The van der Waals surface area contributed by atoms with Crippen LogP contribution in [0, 0.1) is 6.92 Å². The Hall–Kier alpha value is -3.46. The van der Waals surface area contributed by atoms with E-state index in [9.17, 15) is 23.1 Å². The average molecular weight is 589 g/mol. The number of hydrogen-bond donors (Lipinski definition) is 2. The number of anilines is 1. The fourth-order valence-electron chi connectivity index (χ4n) is 5.59. The van der Waals surface area contributed by atoms with E-state index < -0.39 is 12.0 Å². The van der Waals surface area contributed by atoms with Crippen molar-refractivity contribution in [2.24, 2.45) is 0 Å². The van der Waals surface area contributed by atoms with Crippen LogP contribution >= 0.6 is 0 Å². The second-order valence-corrected chi connectivity index (χ2v) is 10.7. The van der Waals surface area contributed by atoms with E-state index in [1.807, 2.05) is 44.4 Å². The molecule has 42 heavy (non-hydrogen) atoms. The molecule has 0 saturated heterocycles. The van der Waals surface area contributed by atoms with Gasteiger partial charge in [-0.15, -0.1) is 13.2 Å². The van der Waals surface area contributed by atoms with Gasteiger partial charge in [-0.1, -0.05) is 39.8 Å². The Balaban J connectivity index is 1.85. The molecule has 0 atom stereocenters. The zero-order chi connectivity index (χ0) is 31.1. The molecule has 0 bridgehead atoms. The van der Waals surface area contributed by atoms with Gasteiger partial charge in [0.15, 0.2) is 0 Å². The third-order valence-electron chi connectivity index (χ3n) is 8.44. The number of hydrogen-bond acceptors (Lipinski definition) is 4. The SMILES string of the molecule is CCn1c(C(=O)Nc2ccc(OC(F)(F)F)cc2)ccc1C(CC)(CC)c1ccc(OCCC(O)(CC)CC)c(C)c1. The topological polar surface area (TPSA) is 72.7 Å². The van der Waals surface area contributed by atoms with Crippen LogP contribution in [0.2, 0.25) is 0 Å². The van der Waals surface area contributed by atoms with Crippen LogP contribution in [0.1, 0.15) is 94.0 Å². The normalized spacial score (nSPS) is 12.3. The predicted octanol–water partition coefficient (Wildman–Crippen LogP) is 8.39. The van der Waals surface area contributed by atoms with Crippen LogP contribution in [0.25, 0.3) is 0 Å². The Kier molecular flexibility index (Phi) is 10.8. The Morgan fingerprint density at radius 2 is 1.55 bits per heavy atom. The highest BCUT2D eigenvalue weighted by Crippen LogP contribution is 2.41. The summed E-state index contributed by atoms with van der Waals surface area (Å²) in [6.45, 7) is 13.2. The molecule has 0 saturated carbocycles. The fraction of sp³-hybridized carbons (Fsp3) is 0.485. The smallest absolute Gasteiger partial charge is 0.493 e. The fourth-order valence-corrected chi connectivity index (χ4v) is 5.59. The van der Waals surface area contributed by atoms with Crippen molar-refractivity contribution in [2.75, 3.05) is 11.9 Å². The van der Waals surface area contributed by atoms with Crippen molar-refractivity contribution in [3.05, 3.63) is 77.1 Å². The lowest BCUT2D eigenvalue weighted by molar-refractivity contribution is -0.274. The number of nitrogens with one attached hydrogen (secondary N) is 1. The number of halogens is 3. The van der Waals surface area contributed by atoms with Gasteiger partial charge in [0.05, 0.1) is 12.2 Å². The van der Waals surface area contributed by atoms with Crippen LogP contribution < -0.4 is 14.8 Å². The van der Waals surface area contributed by atoms with Gasteiger partial charge in [-0.2, -0.15) is 0 Å². The monoisotopic (exact) mass is 588 g/mol. The molecule has 1 amide bonds. The van der Waals surface area contributed by atoms with Gasteiger partial charge in [0.1, 0.15) is 17.2 Å². The Morgan fingerprint density at radius 1 is 0.905 bits per heavy atom. The molecule has 230 valence electrons. The first-order valence-corrected chi connectivity index (χ1v) is 14.7. The minimum absolute atomic E-state index is 0.354. The van der Waals surface area contributed by atoms with Crippen molar-refractivity contribution in [2.45, 2.75) is 97.6 Å². The molecule has 0 aliphatic rings. The van der Waals surface area contributed by atoms with Crippen LogP contribution in [0.3, 0.4) is 0 Å². The zero-order valence-corrected chi connectivity index (χ0v) is 25.4. The van der Waals surface area contributed by atoms with E-state index in [0.29, 0.717) is 43.8 Å². The molecule has 0 aliphatic carbocycles. The number of carbonyl (C=O) groups is 1. The molecule has 0 unspecified atom stereocenters. The maximum absolute atomic E-state index is 13.3. The molecule has 1 aromatic heterocycles. The highest BCUT2D eigenvalue weighted by molar-refractivity contribution is 6.03. The van der Waals surface area contributed by atoms with Crippen molar-refractivity contribution in [3.8, 4) is 11.5 Å². The first kappa shape index (κ1) is 33.0. The van der Waals surface area contributed by atoms with Crippen LogP contribution in [-0.2, 0) is 12.0 Å². The van der Waals surface area contributed by atoms with Gasteiger partial charge in [0, 0.05) is 29.8 Å². The Morgan fingerprint density at radius 3 is 2.07 bits per heavy atom. The molecule has 3 rings (SSSR count). The molecule has 9 heteroatoms. The van der Waals surface area contributed by atoms with E-state index in [1.165, 1.54) is 12.1 Å². The first-order valence-electron chi connectivity index (χ1n) is 14.7. The summed E-state index contributed by atoms with van der Waals surface area (Å²) < 4.78 is 49.4. The van der Waals surface area contributed by atoms with Crippen molar-refractivity contribution < 1.29 is 32.5 Å². The van der Waals surface area contributed by atoms with Gasteiger partial charge in [-0.25, -0.2) is 0 Å². The summed E-state index contributed by atoms with van der Waals surface area (Å²) in [7, 11) is 0. The van der Waals surface area contributed by atoms with Crippen molar-refractivity contribution in [1.29, 1.82) is 0 Å². The number of aliphatic hydroxyl groups is 1. The molecule has 6 nitrogen and oxygen atoms in total. The van der Waals surface area contributed by atoms with Gasteiger partial charge >= 0.3 is 6.36 Å². The van der Waals surface area contributed by atoms with Crippen molar-refractivity contribution in [3.63, 3.8) is 0 Å². The van der Waals surface area contributed by atoms with Gasteiger partial charge in [0.25, 0.3) is 5.91 Å².